The van der Waals surface area contributed by atoms with Gasteiger partial charge in [-0.3, -0.25) is 4.79 Å². The molecule has 188 valence electrons. The summed E-state index contributed by atoms with van der Waals surface area (Å²) in [6.45, 7) is 8.79. The molecular formula is C28H29N7O2. The zero-order chi connectivity index (χ0) is 25.9. The lowest BCUT2D eigenvalue weighted by Gasteiger charge is -2.10. The highest BCUT2D eigenvalue weighted by Crippen LogP contribution is 2.25. The topological polar surface area (TPSA) is 99.8 Å². The molecule has 9 nitrogen and oxygen atoms in total. The van der Waals surface area contributed by atoms with Gasteiger partial charge in [0.05, 0.1) is 29.6 Å². The van der Waals surface area contributed by atoms with E-state index in [4.69, 9.17) is 4.74 Å². The average Bonchev–Trinajstić information content (AvgIpc) is 3.49. The Kier molecular flexibility index (Phi) is 6.68. The fourth-order valence-electron chi connectivity index (χ4n) is 4.02. The van der Waals surface area contributed by atoms with Gasteiger partial charge in [-0.2, -0.15) is 14.9 Å². The molecule has 0 aliphatic rings. The SMILES string of the molecule is CCCCOc1ccc(C(=O)Nc2cc(C)nn2-c2ncnc3c2cnn3-c2ccc(C)c(C)c2)cc1. The molecule has 0 atom stereocenters. The smallest absolute Gasteiger partial charge is 0.256 e. The molecule has 1 amide bonds. The summed E-state index contributed by atoms with van der Waals surface area (Å²) in [5, 5.41) is 12.9. The van der Waals surface area contributed by atoms with Crippen molar-refractivity contribution in [3.63, 3.8) is 0 Å². The zero-order valence-electron chi connectivity index (χ0n) is 21.4. The molecule has 37 heavy (non-hydrogen) atoms. The van der Waals surface area contributed by atoms with Gasteiger partial charge in [0.2, 0.25) is 0 Å². The summed E-state index contributed by atoms with van der Waals surface area (Å²) >= 11 is 0. The van der Waals surface area contributed by atoms with Crippen molar-refractivity contribution in [2.45, 2.75) is 40.5 Å². The van der Waals surface area contributed by atoms with Crippen molar-refractivity contribution >= 4 is 22.8 Å². The first-order valence-corrected chi connectivity index (χ1v) is 12.3. The van der Waals surface area contributed by atoms with Gasteiger partial charge in [-0.25, -0.2) is 14.6 Å². The van der Waals surface area contributed by atoms with E-state index in [2.05, 4.69) is 58.4 Å². The van der Waals surface area contributed by atoms with E-state index in [0.717, 1.165) is 30.0 Å². The lowest BCUT2D eigenvalue weighted by Crippen LogP contribution is -2.15. The van der Waals surface area contributed by atoms with Gasteiger partial charge in [-0.1, -0.05) is 19.4 Å². The Labute approximate surface area is 215 Å². The van der Waals surface area contributed by atoms with E-state index in [1.165, 1.54) is 17.5 Å². The molecule has 0 fully saturated rings. The van der Waals surface area contributed by atoms with Gasteiger partial charge < -0.3 is 10.1 Å². The number of ether oxygens (including phenoxy) is 1. The van der Waals surface area contributed by atoms with E-state index < -0.39 is 0 Å². The first-order chi connectivity index (χ1) is 17.9. The third-order valence-corrected chi connectivity index (χ3v) is 6.24. The summed E-state index contributed by atoms with van der Waals surface area (Å²) in [4.78, 5) is 22.0. The number of nitrogens with zero attached hydrogens (tertiary/aromatic N) is 6. The number of anilines is 1. The van der Waals surface area contributed by atoms with Crippen LogP contribution < -0.4 is 10.1 Å². The Bertz CT molecular complexity index is 1570. The van der Waals surface area contributed by atoms with E-state index in [9.17, 15) is 4.79 Å². The van der Waals surface area contributed by atoms with E-state index in [1.807, 2.05) is 31.2 Å². The van der Waals surface area contributed by atoms with Crippen LogP contribution in [0.25, 0.3) is 22.5 Å². The number of aryl methyl sites for hydroxylation is 3. The molecule has 0 aliphatic carbocycles. The lowest BCUT2D eigenvalue weighted by atomic mass is 10.1. The highest BCUT2D eigenvalue weighted by molar-refractivity contribution is 6.04. The fraction of sp³-hybridized carbons (Fsp3) is 0.250. The van der Waals surface area contributed by atoms with Crippen LogP contribution in [0, 0.1) is 20.8 Å². The monoisotopic (exact) mass is 495 g/mol. The second-order valence-electron chi connectivity index (χ2n) is 9.02. The van der Waals surface area contributed by atoms with Crippen LogP contribution in [0.2, 0.25) is 0 Å². The Morgan fingerprint density at radius 1 is 0.973 bits per heavy atom. The van der Waals surface area contributed by atoms with E-state index in [-0.39, 0.29) is 5.91 Å². The van der Waals surface area contributed by atoms with Gasteiger partial charge in [0.15, 0.2) is 11.5 Å². The molecule has 3 aromatic heterocycles. The van der Waals surface area contributed by atoms with Gasteiger partial charge in [-0.05, 0) is 74.7 Å². The minimum Gasteiger partial charge on any atom is -0.494 e. The number of hydrogen-bond acceptors (Lipinski definition) is 6. The van der Waals surface area contributed by atoms with Gasteiger partial charge in [0.25, 0.3) is 5.91 Å². The number of aromatic nitrogens is 6. The van der Waals surface area contributed by atoms with Crippen molar-refractivity contribution in [2.24, 2.45) is 0 Å². The highest BCUT2D eigenvalue weighted by Gasteiger charge is 2.18. The Morgan fingerprint density at radius 3 is 2.54 bits per heavy atom. The quantitative estimate of drug-likeness (QED) is 0.291. The van der Waals surface area contributed by atoms with Crippen molar-refractivity contribution < 1.29 is 9.53 Å². The molecule has 2 aromatic carbocycles. The van der Waals surface area contributed by atoms with Crippen molar-refractivity contribution in [3.05, 3.63) is 83.4 Å². The molecule has 5 rings (SSSR count). The molecule has 9 heteroatoms. The van der Waals surface area contributed by atoms with E-state index in [0.29, 0.717) is 34.8 Å². The molecule has 0 spiro atoms. The predicted molar refractivity (Wildman–Crippen MR) is 143 cm³/mol. The molecule has 0 saturated carbocycles. The number of amides is 1. The van der Waals surface area contributed by atoms with Crippen LogP contribution in [0.4, 0.5) is 5.82 Å². The number of fused-ring (bicyclic) bond motifs is 1. The van der Waals surface area contributed by atoms with Gasteiger partial charge in [0.1, 0.15) is 17.9 Å². The second-order valence-corrected chi connectivity index (χ2v) is 9.02. The molecular weight excluding hydrogens is 466 g/mol. The average molecular weight is 496 g/mol. The first kappa shape index (κ1) is 24.2. The number of hydrogen-bond donors (Lipinski definition) is 1. The number of rotatable bonds is 8. The van der Waals surface area contributed by atoms with E-state index >= 15 is 0 Å². The van der Waals surface area contributed by atoms with Crippen LogP contribution in [0.3, 0.4) is 0 Å². The Morgan fingerprint density at radius 2 is 1.78 bits per heavy atom. The summed E-state index contributed by atoms with van der Waals surface area (Å²) in [6, 6.07) is 15.1. The summed E-state index contributed by atoms with van der Waals surface area (Å²) in [5.74, 6) is 1.53. The summed E-state index contributed by atoms with van der Waals surface area (Å²) < 4.78 is 9.10. The molecule has 5 aromatic rings. The number of unbranched alkanes of at least 4 members (excludes halogenated alkanes) is 1. The zero-order valence-corrected chi connectivity index (χ0v) is 21.4. The van der Waals surface area contributed by atoms with Gasteiger partial charge in [0, 0.05) is 11.6 Å². The number of carbonyl (C=O) groups excluding carboxylic acids is 1. The van der Waals surface area contributed by atoms with Crippen LogP contribution in [0.5, 0.6) is 5.75 Å². The van der Waals surface area contributed by atoms with Crippen LogP contribution in [0.1, 0.15) is 46.9 Å². The van der Waals surface area contributed by atoms with E-state index in [1.54, 1.807) is 27.7 Å². The normalized spacial score (nSPS) is 11.1. The van der Waals surface area contributed by atoms with Crippen molar-refractivity contribution in [1.29, 1.82) is 0 Å². The highest BCUT2D eigenvalue weighted by atomic mass is 16.5. The van der Waals surface area contributed by atoms with Crippen molar-refractivity contribution in [3.8, 4) is 17.3 Å². The maximum absolute atomic E-state index is 13.0. The Hall–Kier alpha value is -4.53. The lowest BCUT2D eigenvalue weighted by molar-refractivity contribution is 0.102. The summed E-state index contributed by atoms with van der Waals surface area (Å²) in [5.41, 5.74) is 5.20. The van der Waals surface area contributed by atoms with Crippen molar-refractivity contribution in [2.75, 3.05) is 11.9 Å². The third-order valence-electron chi connectivity index (χ3n) is 6.24. The Balaban J connectivity index is 1.44. The van der Waals surface area contributed by atoms with Crippen LogP contribution in [-0.2, 0) is 0 Å². The second kappa shape index (κ2) is 10.2. The number of benzene rings is 2. The summed E-state index contributed by atoms with van der Waals surface area (Å²) in [6.07, 6.45) is 5.26. The van der Waals surface area contributed by atoms with Gasteiger partial charge in [-0.15, -0.1) is 0 Å². The minimum atomic E-state index is -0.252. The molecule has 0 saturated heterocycles. The maximum atomic E-state index is 13.0. The molecule has 3 heterocycles. The molecule has 1 N–H and O–H groups in total. The fourth-order valence-corrected chi connectivity index (χ4v) is 4.02. The molecule has 0 unspecified atom stereocenters. The number of nitrogens with one attached hydrogen (secondary N) is 1. The van der Waals surface area contributed by atoms with Crippen LogP contribution in [0.15, 0.2) is 61.1 Å². The molecule has 0 aliphatic heterocycles. The minimum absolute atomic E-state index is 0.252. The van der Waals surface area contributed by atoms with Crippen LogP contribution >= 0.6 is 0 Å². The molecule has 0 bridgehead atoms. The predicted octanol–water partition coefficient (Wildman–Crippen LogP) is 5.36. The molecule has 0 radical (unpaired) electrons. The largest absolute Gasteiger partial charge is 0.494 e. The number of carbonyl (C=O) groups is 1. The van der Waals surface area contributed by atoms with Crippen LogP contribution in [-0.4, -0.2) is 42.0 Å². The standard InChI is InChI=1S/C28H29N7O2/c1-5-6-13-37-23-11-8-21(9-12-23)28(36)32-25-15-20(4)33-35(25)27-24-16-31-34(26(24)29-17-30-27)22-10-7-18(2)19(3)14-22/h7-12,14-17H,5-6,13H2,1-4H3,(H,32,36). The van der Waals surface area contributed by atoms with Gasteiger partial charge >= 0.3 is 0 Å². The maximum Gasteiger partial charge on any atom is 0.256 e. The summed E-state index contributed by atoms with van der Waals surface area (Å²) in [7, 11) is 0. The van der Waals surface area contributed by atoms with Crippen molar-refractivity contribution in [1.82, 2.24) is 29.5 Å². The third kappa shape index (κ3) is 4.93. The first-order valence-electron chi connectivity index (χ1n) is 12.3.